The monoisotopic (exact) mass is 538 g/mol. The molecule has 206 valence electrons. The van der Waals surface area contributed by atoms with Crippen molar-refractivity contribution in [1.29, 1.82) is 0 Å². The minimum atomic E-state index is -0.488. The van der Waals surface area contributed by atoms with Crippen LogP contribution in [0.2, 0.25) is 0 Å². The second-order valence-electron chi connectivity index (χ2n) is 9.86. The van der Waals surface area contributed by atoms with Crippen LogP contribution in [0, 0.1) is 0 Å². The SMILES string of the molecule is C=C(C)C(=O)Oc1ccc(-c2cc(OC=C(C)C)c(-c3ccc(OC(=O)C(=C)C)cc3)c(OC=C(C)C)c2)cc1. The summed E-state index contributed by atoms with van der Waals surface area (Å²) in [7, 11) is 0. The number of rotatable bonds is 10. The van der Waals surface area contributed by atoms with E-state index < -0.39 is 11.9 Å². The van der Waals surface area contributed by atoms with Crippen LogP contribution in [0.4, 0.5) is 0 Å². The first-order chi connectivity index (χ1) is 18.9. The molecule has 40 heavy (non-hydrogen) atoms. The van der Waals surface area contributed by atoms with E-state index in [1.54, 1.807) is 50.6 Å². The van der Waals surface area contributed by atoms with Crippen molar-refractivity contribution >= 4 is 11.9 Å². The van der Waals surface area contributed by atoms with E-state index in [1.165, 1.54) is 0 Å². The summed E-state index contributed by atoms with van der Waals surface area (Å²) in [5, 5.41) is 0. The van der Waals surface area contributed by atoms with Gasteiger partial charge in [-0.1, -0.05) is 37.4 Å². The van der Waals surface area contributed by atoms with Crippen LogP contribution in [0.25, 0.3) is 22.3 Å². The molecule has 0 aliphatic carbocycles. The van der Waals surface area contributed by atoms with Crippen LogP contribution in [-0.2, 0) is 9.59 Å². The number of benzene rings is 3. The molecule has 0 radical (unpaired) electrons. The minimum Gasteiger partial charge on any atom is -0.464 e. The molecule has 0 atom stereocenters. The van der Waals surface area contributed by atoms with Gasteiger partial charge in [-0.25, -0.2) is 9.59 Å². The van der Waals surface area contributed by atoms with Gasteiger partial charge in [0, 0.05) is 11.1 Å². The van der Waals surface area contributed by atoms with Crippen molar-refractivity contribution in [2.24, 2.45) is 0 Å². The molecule has 0 spiro atoms. The Morgan fingerprint density at radius 2 is 0.950 bits per heavy atom. The van der Waals surface area contributed by atoms with Gasteiger partial charge in [0.05, 0.1) is 18.1 Å². The molecular formula is C34H34O6. The van der Waals surface area contributed by atoms with Crippen LogP contribution < -0.4 is 18.9 Å². The van der Waals surface area contributed by atoms with Crippen molar-refractivity contribution in [3.05, 3.63) is 109 Å². The molecule has 3 aromatic carbocycles. The van der Waals surface area contributed by atoms with Crippen LogP contribution >= 0.6 is 0 Å². The quantitative estimate of drug-likeness (QED) is 0.111. The lowest BCUT2D eigenvalue weighted by Crippen LogP contribution is -2.08. The zero-order valence-electron chi connectivity index (χ0n) is 23.8. The van der Waals surface area contributed by atoms with E-state index in [4.69, 9.17) is 18.9 Å². The van der Waals surface area contributed by atoms with E-state index in [2.05, 4.69) is 13.2 Å². The van der Waals surface area contributed by atoms with E-state index in [-0.39, 0.29) is 0 Å². The number of esters is 2. The molecule has 0 bridgehead atoms. The molecule has 3 rings (SSSR count). The van der Waals surface area contributed by atoms with E-state index in [0.717, 1.165) is 33.4 Å². The largest absolute Gasteiger partial charge is 0.464 e. The third-order valence-corrected chi connectivity index (χ3v) is 5.36. The normalized spacial score (nSPS) is 10.2. The maximum Gasteiger partial charge on any atom is 0.338 e. The second kappa shape index (κ2) is 13.3. The Balaban J connectivity index is 2.12. The summed E-state index contributed by atoms with van der Waals surface area (Å²) in [6, 6.07) is 18.1. The highest BCUT2D eigenvalue weighted by Crippen LogP contribution is 2.43. The van der Waals surface area contributed by atoms with Crippen LogP contribution in [0.5, 0.6) is 23.0 Å². The summed E-state index contributed by atoms with van der Waals surface area (Å²) in [5.41, 5.74) is 5.83. The van der Waals surface area contributed by atoms with Crippen molar-refractivity contribution in [3.8, 4) is 45.3 Å². The smallest absolute Gasteiger partial charge is 0.338 e. The average molecular weight is 539 g/mol. The molecule has 0 amide bonds. The van der Waals surface area contributed by atoms with Crippen molar-refractivity contribution < 1.29 is 28.5 Å². The lowest BCUT2D eigenvalue weighted by molar-refractivity contribution is -0.130. The number of hydrogen-bond acceptors (Lipinski definition) is 6. The number of ether oxygens (including phenoxy) is 4. The molecule has 0 aliphatic heterocycles. The fourth-order valence-electron chi connectivity index (χ4n) is 3.38. The van der Waals surface area contributed by atoms with Gasteiger partial charge in [-0.05, 0) is 106 Å². The molecule has 0 N–H and O–H groups in total. The van der Waals surface area contributed by atoms with Crippen molar-refractivity contribution in [1.82, 2.24) is 0 Å². The summed E-state index contributed by atoms with van der Waals surface area (Å²) in [5.74, 6) is 0.993. The highest BCUT2D eigenvalue weighted by atomic mass is 16.5. The fraction of sp³-hybridized carbons (Fsp3) is 0.176. The Kier molecular flexibility index (Phi) is 9.87. The molecule has 0 aromatic heterocycles. The summed E-state index contributed by atoms with van der Waals surface area (Å²) in [6.45, 7) is 18.2. The minimum absolute atomic E-state index is 0.316. The van der Waals surface area contributed by atoms with Gasteiger partial charge in [0.15, 0.2) is 0 Å². The van der Waals surface area contributed by atoms with E-state index in [1.807, 2.05) is 64.1 Å². The van der Waals surface area contributed by atoms with Crippen molar-refractivity contribution in [2.75, 3.05) is 0 Å². The highest BCUT2D eigenvalue weighted by molar-refractivity contribution is 5.89. The molecule has 0 saturated heterocycles. The first-order valence-corrected chi connectivity index (χ1v) is 12.7. The Morgan fingerprint density at radius 1 is 0.575 bits per heavy atom. The molecule has 0 saturated carbocycles. The van der Waals surface area contributed by atoms with Crippen LogP contribution in [0.3, 0.4) is 0 Å². The molecule has 6 nitrogen and oxygen atoms in total. The lowest BCUT2D eigenvalue weighted by atomic mass is 9.97. The summed E-state index contributed by atoms with van der Waals surface area (Å²) in [6.07, 6.45) is 3.35. The Bertz CT molecular complexity index is 1440. The molecule has 6 heteroatoms. The first-order valence-electron chi connectivity index (χ1n) is 12.7. The maximum atomic E-state index is 11.9. The van der Waals surface area contributed by atoms with Crippen molar-refractivity contribution in [2.45, 2.75) is 41.5 Å². The van der Waals surface area contributed by atoms with Gasteiger partial charge in [0.2, 0.25) is 0 Å². The van der Waals surface area contributed by atoms with Crippen molar-refractivity contribution in [3.63, 3.8) is 0 Å². The topological polar surface area (TPSA) is 71.1 Å². The van der Waals surface area contributed by atoms with Crippen LogP contribution in [0.1, 0.15) is 41.5 Å². The molecule has 0 unspecified atom stereocenters. The summed E-state index contributed by atoms with van der Waals surface area (Å²) >= 11 is 0. The number of hydrogen-bond donors (Lipinski definition) is 0. The molecule has 0 heterocycles. The van der Waals surface area contributed by atoms with Gasteiger partial charge in [-0.2, -0.15) is 0 Å². The predicted octanol–water partition coefficient (Wildman–Crippen LogP) is 8.59. The van der Waals surface area contributed by atoms with Gasteiger partial charge < -0.3 is 18.9 Å². The lowest BCUT2D eigenvalue weighted by Gasteiger charge is -2.17. The molecular weight excluding hydrogens is 504 g/mol. The maximum absolute atomic E-state index is 11.9. The molecule has 0 fully saturated rings. The van der Waals surface area contributed by atoms with Crippen LogP contribution in [0.15, 0.2) is 109 Å². The number of carbonyl (C=O) groups excluding carboxylic acids is 2. The van der Waals surface area contributed by atoms with E-state index in [9.17, 15) is 9.59 Å². The Hall–Kier alpha value is -4.84. The van der Waals surface area contributed by atoms with Gasteiger partial charge in [0.1, 0.15) is 23.0 Å². The average Bonchev–Trinajstić information content (AvgIpc) is 2.91. The number of carbonyl (C=O) groups is 2. The van der Waals surface area contributed by atoms with Gasteiger partial charge in [-0.15, -0.1) is 0 Å². The first kappa shape index (κ1) is 29.7. The van der Waals surface area contributed by atoms with E-state index >= 15 is 0 Å². The zero-order valence-corrected chi connectivity index (χ0v) is 23.8. The third kappa shape index (κ3) is 8.08. The summed E-state index contributed by atoms with van der Waals surface area (Å²) in [4.78, 5) is 23.8. The Labute approximate surface area is 235 Å². The molecule has 3 aromatic rings. The zero-order chi connectivity index (χ0) is 29.4. The Morgan fingerprint density at radius 3 is 1.30 bits per heavy atom. The summed E-state index contributed by atoms with van der Waals surface area (Å²) < 4.78 is 23.0. The number of allylic oxidation sites excluding steroid dienone is 2. The van der Waals surface area contributed by atoms with Gasteiger partial charge >= 0.3 is 11.9 Å². The standard InChI is InChI=1S/C34H34O6/c1-21(2)19-37-30-17-27(25-9-13-28(14-10-25)39-33(35)23(5)6)18-31(38-20-22(3)4)32(30)26-11-15-29(16-12-26)40-34(36)24(7)8/h9-20H,5,7H2,1-4,6,8H3. The highest BCUT2D eigenvalue weighted by Gasteiger charge is 2.18. The van der Waals surface area contributed by atoms with Gasteiger partial charge in [0.25, 0.3) is 0 Å². The van der Waals surface area contributed by atoms with E-state index in [0.29, 0.717) is 34.1 Å². The van der Waals surface area contributed by atoms with Crippen LogP contribution in [-0.4, -0.2) is 11.9 Å². The fourth-order valence-corrected chi connectivity index (χ4v) is 3.38. The predicted molar refractivity (Wildman–Crippen MR) is 158 cm³/mol. The van der Waals surface area contributed by atoms with Gasteiger partial charge in [-0.3, -0.25) is 0 Å². The second-order valence-corrected chi connectivity index (χ2v) is 9.86. The third-order valence-electron chi connectivity index (χ3n) is 5.36. The molecule has 0 aliphatic rings.